The standard InChI is InChI=1S/C24H25NO5/c1-14-5-7-25(8-6-14)12-17-18(26)9-15(2)22-23(27)21(30-24(17)22)11-16-3-4-19-20(10-16)29-13-28-19/h3-4,9-11,14,26H,5-8,12-13H2,1-2H3/b21-11-. The van der Waals surface area contributed by atoms with Crippen molar-refractivity contribution in [1.29, 1.82) is 0 Å². The van der Waals surface area contributed by atoms with Crippen LogP contribution >= 0.6 is 0 Å². The number of nitrogens with zero attached hydrogens (tertiary/aromatic N) is 1. The summed E-state index contributed by atoms with van der Waals surface area (Å²) in [5.41, 5.74) is 2.74. The predicted octanol–water partition coefficient (Wildman–Crippen LogP) is 4.28. The molecule has 3 aliphatic rings. The van der Waals surface area contributed by atoms with Gasteiger partial charge in [0.1, 0.15) is 11.5 Å². The van der Waals surface area contributed by atoms with Crippen molar-refractivity contribution in [3.63, 3.8) is 0 Å². The number of hydrogen-bond acceptors (Lipinski definition) is 6. The van der Waals surface area contributed by atoms with E-state index in [4.69, 9.17) is 14.2 Å². The van der Waals surface area contributed by atoms with Gasteiger partial charge in [-0.25, -0.2) is 0 Å². The Bertz CT molecular complexity index is 1050. The van der Waals surface area contributed by atoms with E-state index in [0.29, 0.717) is 34.9 Å². The summed E-state index contributed by atoms with van der Waals surface area (Å²) in [6.07, 6.45) is 4.00. The second kappa shape index (κ2) is 7.36. The molecule has 0 aliphatic carbocycles. The first kappa shape index (κ1) is 19.0. The Balaban J connectivity index is 1.46. The van der Waals surface area contributed by atoms with Crippen LogP contribution in [0.5, 0.6) is 23.0 Å². The number of ether oxygens (including phenoxy) is 3. The van der Waals surface area contributed by atoms with Gasteiger partial charge in [-0.1, -0.05) is 13.0 Å². The summed E-state index contributed by atoms with van der Waals surface area (Å²) in [7, 11) is 0. The van der Waals surface area contributed by atoms with Crippen molar-refractivity contribution in [3.05, 3.63) is 52.3 Å². The highest BCUT2D eigenvalue weighted by Gasteiger charge is 2.34. The third kappa shape index (κ3) is 3.31. The van der Waals surface area contributed by atoms with E-state index < -0.39 is 0 Å². The number of aryl methyl sites for hydroxylation is 1. The monoisotopic (exact) mass is 407 g/mol. The number of ketones is 1. The lowest BCUT2D eigenvalue weighted by molar-refractivity contribution is 0.101. The van der Waals surface area contributed by atoms with Crippen LogP contribution in [0.2, 0.25) is 0 Å². The Hall–Kier alpha value is -2.99. The van der Waals surface area contributed by atoms with Gasteiger partial charge in [0.05, 0.1) is 11.1 Å². The first-order valence-electron chi connectivity index (χ1n) is 10.4. The minimum absolute atomic E-state index is 0.159. The summed E-state index contributed by atoms with van der Waals surface area (Å²) >= 11 is 0. The van der Waals surface area contributed by atoms with Gasteiger partial charge in [-0.3, -0.25) is 9.69 Å². The van der Waals surface area contributed by atoms with Crippen LogP contribution < -0.4 is 14.2 Å². The summed E-state index contributed by atoms with van der Waals surface area (Å²) in [4.78, 5) is 15.4. The highest BCUT2D eigenvalue weighted by Crippen LogP contribution is 2.43. The topological polar surface area (TPSA) is 68.2 Å². The van der Waals surface area contributed by atoms with E-state index in [2.05, 4.69) is 11.8 Å². The Morgan fingerprint density at radius 2 is 1.93 bits per heavy atom. The zero-order chi connectivity index (χ0) is 20.8. The fourth-order valence-corrected chi connectivity index (χ4v) is 4.33. The maximum absolute atomic E-state index is 13.1. The van der Waals surface area contributed by atoms with Crippen molar-refractivity contribution in [1.82, 2.24) is 4.90 Å². The van der Waals surface area contributed by atoms with Crippen molar-refractivity contribution in [2.24, 2.45) is 5.92 Å². The Morgan fingerprint density at radius 3 is 2.73 bits per heavy atom. The molecule has 0 radical (unpaired) electrons. The number of aromatic hydroxyl groups is 1. The molecule has 30 heavy (non-hydrogen) atoms. The van der Waals surface area contributed by atoms with Crippen molar-refractivity contribution >= 4 is 11.9 Å². The second-order valence-electron chi connectivity index (χ2n) is 8.41. The lowest BCUT2D eigenvalue weighted by atomic mass is 9.96. The van der Waals surface area contributed by atoms with E-state index in [9.17, 15) is 9.90 Å². The maximum atomic E-state index is 13.1. The third-order valence-electron chi connectivity index (χ3n) is 6.17. The molecule has 0 amide bonds. The fourth-order valence-electron chi connectivity index (χ4n) is 4.33. The number of hydrogen-bond donors (Lipinski definition) is 1. The second-order valence-corrected chi connectivity index (χ2v) is 8.41. The van der Waals surface area contributed by atoms with Gasteiger partial charge in [0, 0.05) is 6.54 Å². The van der Waals surface area contributed by atoms with Crippen LogP contribution in [0.25, 0.3) is 6.08 Å². The van der Waals surface area contributed by atoms with Crippen molar-refractivity contribution in [3.8, 4) is 23.0 Å². The van der Waals surface area contributed by atoms with Gasteiger partial charge in [0.15, 0.2) is 17.3 Å². The zero-order valence-electron chi connectivity index (χ0n) is 17.2. The normalized spacial score (nSPS) is 19.9. The Kier molecular flexibility index (Phi) is 4.66. The van der Waals surface area contributed by atoms with Crippen LogP contribution in [0, 0.1) is 12.8 Å². The largest absolute Gasteiger partial charge is 0.507 e. The molecule has 0 unspecified atom stereocenters. The van der Waals surface area contributed by atoms with Gasteiger partial charge in [0.2, 0.25) is 12.6 Å². The van der Waals surface area contributed by atoms with Gasteiger partial charge < -0.3 is 19.3 Å². The summed E-state index contributed by atoms with van der Waals surface area (Å²) in [5.74, 6) is 2.84. The molecule has 2 aromatic rings. The first-order chi connectivity index (χ1) is 14.5. The van der Waals surface area contributed by atoms with Gasteiger partial charge in [-0.05, 0) is 74.2 Å². The van der Waals surface area contributed by atoms with Gasteiger partial charge in [-0.15, -0.1) is 0 Å². The molecule has 0 atom stereocenters. The lowest BCUT2D eigenvalue weighted by Gasteiger charge is -2.30. The number of phenolic OH excluding ortho intramolecular Hbond substituents is 1. The van der Waals surface area contributed by atoms with Gasteiger partial charge >= 0.3 is 0 Å². The van der Waals surface area contributed by atoms with E-state index in [0.717, 1.165) is 43.0 Å². The summed E-state index contributed by atoms with van der Waals surface area (Å²) < 4.78 is 16.8. The molecule has 3 heterocycles. The SMILES string of the molecule is Cc1cc(O)c(CN2CCC(C)CC2)c2c1C(=O)/C(=C/c1ccc3c(c1)OCO3)O2. The summed E-state index contributed by atoms with van der Waals surface area (Å²) in [5, 5.41) is 10.6. The van der Waals surface area contributed by atoms with E-state index >= 15 is 0 Å². The van der Waals surface area contributed by atoms with Crippen molar-refractivity contribution in [2.75, 3.05) is 19.9 Å². The quantitative estimate of drug-likeness (QED) is 0.766. The maximum Gasteiger partial charge on any atom is 0.232 e. The fraction of sp³-hybridized carbons (Fsp3) is 0.375. The first-order valence-corrected chi connectivity index (χ1v) is 10.4. The third-order valence-corrected chi connectivity index (χ3v) is 6.17. The molecule has 156 valence electrons. The lowest BCUT2D eigenvalue weighted by Crippen LogP contribution is -2.32. The minimum atomic E-state index is -0.159. The van der Waals surface area contributed by atoms with Gasteiger partial charge in [0.25, 0.3) is 0 Å². The highest BCUT2D eigenvalue weighted by molar-refractivity contribution is 6.15. The van der Waals surface area contributed by atoms with Crippen LogP contribution in [0.1, 0.15) is 46.8 Å². The molecule has 1 saturated heterocycles. The van der Waals surface area contributed by atoms with Crippen LogP contribution in [0.15, 0.2) is 30.0 Å². The number of carbonyl (C=O) groups excluding carboxylic acids is 1. The van der Waals surface area contributed by atoms with Crippen LogP contribution in [-0.2, 0) is 6.54 Å². The average Bonchev–Trinajstić information content (AvgIpc) is 3.31. The van der Waals surface area contributed by atoms with E-state index in [1.807, 2.05) is 25.1 Å². The molecular formula is C24H25NO5. The Labute approximate surface area is 175 Å². The number of phenols is 1. The van der Waals surface area contributed by atoms with Gasteiger partial charge in [-0.2, -0.15) is 0 Å². The number of fused-ring (bicyclic) bond motifs is 2. The summed E-state index contributed by atoms with van der Waals surface area (Å²) in [6, 6.07) is 7.18. The molecule has 0 aromatic heterocycles. The number of rotatable bonds is 3. The molecule has 0 bridgehead atoms. The molecular weight excluding hydrogens is 382 g/mol. The molecule has 1 N–H and O–H groups in total. The van der Waals surface area contributed by atoms with Crippen LogP contribution in [0.4, 0.5) is 0 Å². The van der Waals surface area contributed by atoms with E-state index in [1.165, 1.54) is 0 Å². The number of piperidine rings is 1. The minimum Gasteiger partial charge on any atom is -0.507 e. The average molecular weight is 407 g/mol. The molecule has 0 spiro atoms. The zero-order valence-corrected chi connectivity index (χ0v) is 17.2. The van der Waals surface area contributed by atoms with E-state index in [-0.39, 0.29) is 24.1 Å². The summed E-state index contributed by atoms with van der Waals surface area (Å²) in [6.45, 7) is 6.84. The van der Waals surface area contributed by atoms with Crippen LogP contribution in [0.3, 0.4) is 0 Å². The van der Waals surface area contributed by atoms with Crippen LogP contribution in [-0.4, -0.2) is 35.7 Å². The molecule has 2 aromatic carbocycles. The molecule has 6 nitrogen and oxygen atoms in total. The number of likely N-dealkylation sites (tertiary alicyclic amines) is 1. The molecule has 1 fully saturated rings. The number of carbonyl (C=O) groups is 1. The van der Waals surface area contributed by atoms with Crippen molar-refractivity contribution < 1.29 is 24.1 Å². The molecule has 3 aliphatic heterocycles. The van der Waals surface area contributed by atoms with Crippen molar-refractivity contribution in [2.45, 2.75) is 33.2 Å². The molecule has 6 heteroatoms. The molecule has 5 rings (SSSR count). The predicted molar refractivity (Wildman–Crippen MR) is 112 cm³/mol. The smallest absolute Gasteiger partial charge is 0.232 e. The van der Waals surface area contributed by atoms with E-state index in [1.54, 1.807) is 12.1 Å². The highest BCUT2D eigenvalue weighted by atomic mass is 16.7. The molecule has 0 saturated carbocycles. The number of allylic oxidation sites excluding steroid dienone is 1. The number of benzene rings is 2. The number of Topliss-reactive ketones (excluding diaryl/α,β-unsaturated/α-hetero) is 1. The Morgan fingerprint density at radius 1 is 1.17 bits per heavy atom.